The topological polar surface area (TPSA) is 25.4 Å². The number of hydrogen-bond donors (Lipinski definition) is 0. The first kappa shape index (κ1) is 16.0. The number of nitrogens with zero attached hydrogens (tertiary/aromatic N) is 2. The lowest BCUT2D eigenvalue weighted by atomic mass is 10.0. The third-order valence-corrected chi connectivity index (χ3v) is 3.71. The van der Waals surface area contributed by atoms with E-state index in [1.807, 2.05) is 6.07 Å². The standard InChI is InChI=1S/C17H16F3N2O/c18-17(19,20)15-6-2-1-5-14(15)16-7-3-4-13(21-16)12-22-8-10-23-11-9-22/h1-5,7H,8-12H2. The number of rotatable bonds is 3. The van der Waals surface area contributed by atoms with Crippen LogP contribution >= 0.6 is 0 Å². The summed E-state index contributed by atoms with van der Waals surface area (Å²) in [5.74, 6) is 0. The van der Waals surface area contributed by atoms with Crippen LogP contribution in [0.15, 0.2) is 36.4 Å². The molecule has 3 nitrogen and oxygen atoms in total. The molecule has 6 heteroatoms. The maximum absolute atomic E-state index is 13.1. The Balaban J connectivity index is 1.88. The van der Waals surface area contributed by atoms with Gasteiger partial charge < -0.3 is 4.74 Å². The molecule has 0 spiro atoms. The summed E-state index contributed by atoms with van der Waals surface area (Å²) < 4.78 is 44.7. The van der Waals surface area contributed by atoms with Crippen LogP contribution in [0.1, 0.15) is 11.3 Å². The third kappa shape index (κ3) is 3.89. The first-order valence-electron chi connectivity index (χ1n) is 7.38. The summed E-state index contributed by atoms with van der Waals surface area (Å²) in [7, 11) is 0. The molecular formula is C17H16F3N2O. The Kier molecular flexibility index (Phi) is 4.63. The Morgan fingerprint density at radius 1 is 1.13 bits per heavy atom. The van der Waals surface area contributed by atoms with Crippen LogP contribution in [0, 0.1) is 6.07 Å². The highest BCUT2D eigenvalue weighted by molar-refractivity contribution is 5.64. The number of alkyl halides is 3. The summed E-state index contributed by atoms with van der Waals surface area (Å²) >= 11 is 0. The van der Waals surface area contributed by atoms with Gasteiger partial charge in [0.1, 0.15) is 0 Å². The van der Waals surface area contributed by atoms with Crippen molar-refractivity contribution >= 4 is 0 Å². The van der Waals surface area contributed by atoms with Gasteiger partial charge in [-0.1, -0.05) is 24.3 Å². The Bertz CT molecular complexity index is 667. The van der Waals surface area contributed by atoms with Gasteiger partial charge in [0.15, 0.2) is 0 Å². The van der Waals surface area contributed by atoms with Crippen LogP contribution in [0.3, 0.4) is 0 Å². The number of halogens is 3. The van der Waals surface area contributed by atoms with E-state index in [2.05, 4.69) is 16.0 Å². The van der Waals surface area contributed by atoms with Gasteiger partial charge in [-0.25, -0.2) is 0 Å². The molecule has 1 radical (unpaired) electrons. The van der Waals surface area contributed by atoms with Gasteiger partial charge in [-0.05, 0) is 18.2 Å². The summed E-state index contributed by atoms with van der Waals surface area (Å²) in [6, 6.07) is 11.7. The van der Waals surface area contributed by atoms with Crippen molar-refractivity contribution in [2.45, 2.75) is 12.7 Å². The smallest absolute Gasteiger partial charge is 0.379 e. The highest BCUT2D eigenvalue weighted by Gasteiger charge is 2.34. The second-order valence-electron chi connectivity index (χ2n) is 5.36. The van der Waals surface area contributed by atoms with E-state index in [4.69, 9.17) is 4.74 Å². The first-order valence-corrected chi connectivity index (χ1v) is 7.38. The van der Waals surface area contributed by atoms with E-state index in [-0.39, 0.29) is 5.56 Å². The largest absolute Gasteiger partial charge is 0.417 e. The normalized spacial score (nSPS) is 16.5. The van der Waals surface area contributed by atoms with E-state index in [9.17, 15) is 13.2 Å². The molecule has 0 amide bonds. The molecule has 1 aromatic carbocycles. The molecule has 0 aliphatic carbocycles. The second kappa shape index (κ2) is 6.68. The Labute approximate surface area is 132 Å². The van der Waals surface area contributed by atoms with Crippen LogP contribution in [-0.2, 0) is 17.5 Å². The SMILES string of the molecule is FC(F)(F)c1[c]cccc1-c1cccc(CN2CCOCC2)n1. The molecule has 1 aromatic heterocycles. The predicted octanol–water partition coefficient (Wildman–Crippen LogP) is 3.40. The predicted molar refractivity (Wildman–Crippen MR) is 79.6 cm³/mol. The fourth-order valence-electron chi connectivity index (χ4n) is 2.59. The molecule has 1 aliphatic heterocycles. The minimum absolute atomic E-state index is 0.0591. The van der Waals surface area contributed by atoms with Gasteiger partial charge in [-0.3, -0.25) is 9.88 Å². The minimum atomic E-state index is -4.45. The van der Waals surface area contributed by atoms with Crippen molar-refractivity contribution in [3.8, 4) is 11.3 Å². The zero-order chi connectivity index (χ0) is 16.3. The van der Waals surface area contributed by atoms with Gasteiger partial charge in [0.05, 0.1) is 30.2 Å². The zero-order valence-corrected chi connectivity index (χ0v) is 12.4. The van der Waals surface area contributed by atoms with Crippen LogP contribution in [0.25, 0.3) is 11.3 Å². The Morgan fingerprint density at radius 3 is 2.65 bits per heavy atom. The average Bonchev–Trinajstić information content (AvgIpc) is 2.55. The molecule has 0 N–H and O–H groups in total. The minimum Gasteiger partial charge on any atom is -0.379 e. The number of ether oxygens (including phenoxy) is 1. The maximum atomic E-state index is 13.1. The van der Waals surface area contributed by atoms with Crippen LogP contribution < -0.4 is 0 Å². The van der Waals surface area contributed by atoms with Crippen molar-refractivity contribution in [3.63, 3.8) is 0 Å². The first-order chi connectivity index (χ1) is 11.0. The fraction of sp³-hybridized carbons (Fsp3) is 0.353. The molecule has 1 fully saturated rings. The lowest BCUT2D eigenvalue weighted by molar-refractivity contribution is -0.137. The quantitative estimate of drug-likeness (QED) is 0.866. The van der Waals surface area contributed by atoms with E-state index < -0.39 is 11.7 Å². The lowest BCUT2D eigenvalue weighted by Crippen LogP contribution is -2.35. The van der Waals surface area contributed by atoms with Crippen molar-refractivity contribution < 1.29 is 17.9 Å². The molecule has 23 heavy (non-hydrogen) atoms. The zero-order valence-electron chi connectivity index (χ0n) is 12.4. The van der Waals surface area contributed by atoms with E-state index in [1.165, 1.54) is 12.1 Å². The third-order valence-electron chi connectivity index (χ3n) is 3.71. The summed E-state index contributed by atoms with van der Waals surface area (Å²) in [6.45, 7) is 3.56. The maximum Gasteiger partial charge on any atom is 0.417 e. The van der Waals surface area contributed by atoms with E-state index in [1.54, 1.807) is 18.2 Å². The lowest BCUT2D eigenvalue weighted by Gasteiger charge is -2.26. The summed E-state index contributed by atoms with van der Waals surface area (Å²) in [5, 5.41) is 0. The van der Waals surface area contributed by atoms with Crippen molar-refractivity contribution in [2.75, 3.05) is 26.3 Å². The van der Waals surface area contributed by atoms with Crippen LogP contribution in [0.5, 0.6) is 0 Å². The highest BCUT2D eigenvalue weighted by Crippen LogP contribution is 2.35. The Hall–Kier alpha value is -1.92. The molecule has 1 saturated heterocycles. The molecule has 3 rings (SSSR count). The molecular weight excluding hydrogens is 305 g/mol. The highest BCUT2D eigenvalue weighted by atomic mass is 19.4. The summed E-state index contributed by atoms with van der Waals surface area (Å²) in [4.78, 5) is 6.59. The fourth-order valence-corrected chi connectivity index (χ4v) is 2.59. The molecule has 0 saturated carbocycles. The van der Waals surface area contributed by atoms with Gasteiger partial charge in [0.2, 0.25) is 0 Å². The molecule has 2 heterocycles. The van der Waals surface area contributed by atoms with Gasteiger partial charge in [0, 0.05) is 25.2 Å². The van der Waals surface area contributed by atoms with Crippen molar-refractivity contribution in [3.05, 3.63) is 53.7 Å². The van der Waals surface area contributed by atoms with Gasteiger partial charge in [-0.2, -0.15) is 13.2 Å². The number of morpholine rings is 1. The van der Waals surface area contributed by atoms with Crippen molar-refractivity contribution in [1.29, 1.82) is 0 Å². The molecule has 121 valence electrons. The van der Waals surface area contributed by atoms with Gasteiger partial charge in [-0.15, -0.1) is 0 Å². The molecule has 0 unspecified atom stereocenters. The number of hydrogen-bond acceptors (Lipinski definition) is 3. The van der Waals surface area contributed by atoms with E-state index in [0.29, 0.717) is 25.5 Å². The molecule has 0 bridgehead atoms. The summed E-state index contributed by atoms with van der Waals surface area (Å²) in [5.41, 5.74) is 0.348. The monoisotopic (exact) mass is 321 g/mol. The Morgan fingerprint density at radius 2 is 1.91 bits per heavy atom. The summed E-state index contributed by atoms with van der Waals surface area (Å²) in [6.07, 6.45) is -4.45. The van der Waals surface area contributed by atoms with Crippen LogP contribution in [0.4, 0.5) is 13.2 Å². The number of benzene rings is 1. The van der Waals surface area contributed by atoms with Gasteiger partial charge in [0.25, 0.3) is 0 Å². The van der Waals surface area contributed by atoms with Crippen LogP contribution in [-0.4, -0.2) is 36.2 Å². The molecule has 0 atom stereocenters. The van der Waals surface area contributed by atoms with Crippen LogP contribution in [0.2, 0.25) is 0 Å². The molecule has 2 aromatic rings. The average molecular weight is 321 g/mol. The second-order valence-corrected chi connectivity index (χ2v) is 5.36. The van der Waals surface area contributed by atoms with Crippen molar-refractivity contribution in [2.24, 2.45) is 0 Å². The number of pyridine rings is 1. The van der Waals surface area contributed by atoms with E-state index >= 15 is 0 Å². The number of aromatic nitrogens is 1. The molecule has 1 aliphatic rings. The van der Waals surface area contributed by atoms with Gasteiger partial charge >= 0.3 is 6.18 Å². The van der Waals surface area contributed by atoms with Crippen molar-refractivity contribution in [1.82, 2.24) is 9.88 Å². The van der Waals surface area contributed by atoms with E-state index in [0.717, 1.165) is 18.8 Å².